The van der Waals surface area contributed by atoms with Gasteiger partial charge < -0.3 is 15.1 Å². The maximum atomic E-state index is 12.3. The number of rotatable bonds is 5. The molecule has 1 heterocycles. The molecule has 0 aliphatic heterocycles. The van der Waals surface area contributed by atoms with Gasteiger partial charge in [0, 0.05) is 11.1 Å². The summed E-state index contributed by atoms with van der Waals surface area (Å²) in [6.07, 6.45) is 1.54. The average molecular weight is 389 g/mol. The van der Waals surface area contributed by atoms with Crippen molar-refractivity contribution in [2.45, 2.75) is 6.54 Å². The Bertz CT molecular complexity index is 922. The number of amides is 2. The Morgan fingerprint density at radius 1 is 0.885 bits per heavy atom. The molecular weight excluding hydrogens is 375 g/mol. The molecule has 0 bridgehead atoms. The van der Waals surface area contributed by atoms with Gasteiger partial charge in [0.1, 0.15) is 5.76 Å². The van der Waals surface area contributed by atoms with E-state index in [2.05, 4.69) is 10.6 Å². The Hall–Kier alpha value is -2.76. The second-order valence-corrected chi connectivity index (χ2v) is 6.18. The van der Waals surface area contributed by atoms with E-state index in [4.69, 9.17) is 27.6 Å². The first kappa shape index (κ1) is 18.0. The van der Waals surface area contributed by atoms with Crippen LogP contribution in [0.1, 0.15) is 26.5 Å². The van der Waals surface area contributed by atoms with Gasteiger partial charge >= 0.3 is 0 Å². The second-order valence-electron chi connectivity index (χ2n) is 5.39. The summed E-state index contributed by atoms with van der Waals surface area (Å²) in [5.74, 6) is 0.0516. The van der Waals surface area contributed by atoms with Crippen molar-refractivity contribution >= 4 is 40.7 Å². The van der Waals surface area contributed by atoms with Crippen molar-refractivity contribution < 1.29 is 14.0 Å². The van der Waals surface area contributed by atoms with E-state index < -0.39 is 0 Å². The van der Waals surface area contributed by atoms with E-state index in [1.165, 1.54) is 0 Å². The number of benzene rings is 2. The largest absolute Gasteiger partial charge is 0.467 e. The minimum Gasteiger partial charge on any atom is -0.467 e. The molecule has 1 aromatic heterocycles. The van der Waals surface area contributed by atoms with Crippen LogP contribution in [0.4, 0.5) is 5.69 Å². The fourth-order valence-corrected chi connectivity index (χ4v) is 2.60. The van der Waals surface area contributed by atoms with Crippen molar-refractivity contribution in [1.29, 1.82) is 0 Å². The molecular formula is C19H14Cl2N2O3. The molecule has 0 saturated heterocycles. The molecule has 0 fully saturated rings. The van der Waals surface area contributed by atoms with E-state index in [-0.39, 0.29) is 16.8 Å². The minimum atomic E-state index is -0.350. The summed E-state index contributed by atoms with van der Waals surface area (Å²) in [7, 11) is 0. The topological polar surface area (TPSA) is 71.3 Å². The summed E-state index contributed by atoms with van der Waals surface area (Å²) in [6, 6.07) is 14.8. The summed E-state index contributed by atoms with van der Waals surface area (Å²) >= 11 is 12.0. The van der Waals surface area contributed by atoms with Gasteiger partial charge in [0.15, 0.2) is 0 Å². The Morgan fingerprint density at radius 3 is 2.23 bits per heavy atom. The van der Waals surface area contributed by atoms with Crippen LogP contribution < -0.4 is 10.6 Å². The zero-order valence-electron chi connectivity index (χ0n) is 13.5. The first-order valence-electron chi connectivity index (χ1n) is 7.70. The quantitative estimate of drug-likeness (QED) is 0.661. The van der Waals surface area contributed by atoms with E-state index in [1.54, 1.807) is 60.9 Å². The lowest BCUT2D eigenvalue weighted by Gasteiger charge is -2.09. The van der Waals surface area contributed by atoms with Gasteiger partial charge in [0.25, 0.3) is 11.8 Å². The molecule has 0 saturated carbocycles. The third-order valence-electron chi connectivity index (χ3n) is 3.61. The van der Waals surface area contributed by atoms with Gasteiger partial charge in [0.2, 0.25) is 0 Å². The van der Waals surface area contributed by atoms with Gasteiger partial charge in [-0.15, -0.1) is 0 Å². The molecule has 2 aromatic carbocycles. The third-order valence-corrected chi connectivity index (χ3v) is 4.43. The first-order valence-corrected chi connectivity index (χ1v) is 8.46. The van der Waals surface area contributed by atoms with Crippen LogP contribution in [-0.2, 0) is 6.54 Å². The molecule has 5 nitrogen and oxygen atoms in total. The molecule has 3 aromatic rings. The minimum absolute atomic E-state index is 0.258. The van der Waals surface area contributed by atoms with Crippen LogP contribution in [0.25, 0.3) is 0 Å². The standard InChI is InChI=1S/C19H14Cl2N2O3/c20-15-4-1-5-16(17(15)21)23-19(25)13-8-6-12(7-9-13)18(24)22-11-14-3-2-10-26-14/h1-10H,11H2,(H,22,24)(H,23,25). The summed E-state index contributed by atoms with van der Waals surface area (Å²) in [5.41, 5.74) is 1.25. The van der Waals surface area contributed by atoms with Crippen molar-refractivity contribution in [3.05, 3.63) is 87.8 Å². The highest BCUT2D eigenvalue weighted by molar-refractivity contribution is 6.44. The molecule has 132 valence electrons. The van der Waals surface area contributed by atoms with Gasteiger partial charge in [-0.25, -0.2) is 0 Å². The Labute approximate surface area is 159 Å². The zero-order valence-corrected chi connectivity index (χ0v) is 15.0. The van der Waals surface area contributed by atoms with Gasteiger partial charge in [-0.3, -0.25) is 9.59 Å². The van der Waals surface area contributed by atoms with Crippen LogP contribution in [0.2, 0.25) is 10.0 Å². The number of anilines is 1. The molecule has 0 radical (unpaired) electrons. The van der Waals surface area contributed by atoms with Crippen molar-refractivity contribution in [3.8, 4) is 0 Å². The maximum absolute atomic E-state index is 12.3. The first-order chi connectivity index (χ1) is 12.5. The number of carbonyl (C=O) groups excluding carboxylic acids is 2. The summed E-state index contributed by atoms with van der Waals surface area (Å²) in [5, 5.41) is 6.06. The van der Waals surface area contributed by atoms with Gasteiger partial charge in [0.05, 0.1) is 28.5 Å². The molecule has 0 spiro atoms. The van der Waals surface area contributed by atoms with E-state index in [9.17, 15) is 9.59 Å². The lowest BCUT2D eigenvalue weighted by molar-refractivity contribution is 0.0946. The third kappa shape index (κ3) is 4.25. The average Bonchev–Trinajstić information content (AvgIpc) is 3.17. The Morgan fingerprint density at radius 2 is 1.58 bits per heavy atom. The molecule has 2 amide bonds. The van der Waals surface area contributed by atoms with E-state index in [1.807, 2.05) is 0 Å². The monoisotopic (exact) mass is 388 g/mol. The molecule has 2 N–H and O–H groups in total. The smallest absolute Gasteiger partial charge is 0.255 e. The van der Waals surface area contributed by atoms with Crippen molar-refractivity contribution in [1.82, 2.24) is 5.32 Å². The van der Waals surface area contributed by atoms with Crippen molar-refractivity contribution in [2.75, 3.05) is 5.32 Å². The highest BCUT2D eigenvalue weighted by atomic mass is 35.5. The molecule has 7 heteroatoms. The van der Waals surface area contributed by atoms with Crippen molar-refractivity contribution in [3.63, 3.8) is 0 Å². The number of nitrogens with one attached hydrogen (secondary N) is 2. The van der Waals surface area contributed by atoms with E-state index in [0.29, 0.717) is 34.1 Å². The summed E-state index contributed by atoms with van der Waals surface area (Å²) in [4.78, 5) is 24.4. The summed E-state index contributed by atoms with van der Waals surface area (Å²) < 4.78 is 5.16. The Balaban J connectivity index is 1.64. The number of hydrogen-bond donors (Lipinski definition) is 2. The van der Waals surface area contributed by atoms with E-state index >= 15 is 0 Å². The Kier molecular flexibility index (Phi) is 5.61. The molecule has 0 atom stereocenters. The van der Waals surface area contributed by atoms with Crippen LogP contribution in [0, 0.1) is 0 Å². The molecule has 0 aliphatic rings. The second kappa shape index (κ2) is 8.08. The maximum Gasteiger partial charge on any atom is 0.255 e. The van der Waals surface area contributed by atoms with Crippen LogP contribution >= 0.6 is 23.2 Å². The predicted octanol–water partition coefficient (Wildman–Crippen LogP) is 4.77. The molecule has 0 unspecified atom stereocenters. The number of halogens is 2. The van der Waals surface area contributed by atoms with Crippen LogP contribution in [0.5, 0.6) is 0 Å². The van der Waals surface area contributed by atoms with Crippen LogP contribution in [-0.4, -0.2) is 11.8 Å². The van der Waals surface area contributed by atoms with Gasteiger partial charge in [-0.1, -0.05) is 29.3 Å². The number of carbonyl (C=O) groups is 2. The molecule has 0 aliphatic carbocycles. The van der Waals surface area contributed by atoms with Crippen LogP contribution in [0.3, 0.4) is 0 Å². The SMILES string of the molecule is O=C(NCc1ccco1)c1ccc(C(=O)Nc2cccc(Cl)c2Cl)cc1. The normalized spacial score (nSPS) is 10.4. The highest BCUT2D eigenvalue weighted by Gasteiger charge is 2.12. The zero-order chi connectivity index (χ0) is 18.5. The lowest BCUT2D eigenvalue weighted by Crippen LogP contribution is -2.22. The summed E-state index contributed by atoms with van der Waals surface area (Å²) in [6.45, 7) is 0.293. The number of hydrogen-bond acceptors (Lipinski definition) is 3. The van der Waals surface area contributed by atoms with Crippen LogP contribution in [0.15, 0.2) is 65.3 Å². The molecule has 3 rings (SSSR count). The van der Waals surface area contributed by atoms with E-state index in [0.717, 1.165) is 0 Å². The van der Waals surface area contributed by atoms with Gasteiger partial charge in [-0.05, 0) is 48.5 Å². The highest BCUT2D eigenvalue weighted by Crippen LogP contribution is 2.29. The molecule has 26 heavy (non-hydrogen) atoms. The fraction of sp³-hybridized carbons (Fsp3) is 0.0526. The fourth-order valence-electron chi connectivity index (χ4n) is 2.25. The van der Waals surface area contributed by atoms with Gasteiger partial charge in [-0.2, -0.15) is 0 Å². The predicted molar refractivity (Wildman–Crippen MR) is 101 cm³/mol. The lowest BCUT2D eigenvalue weighted by atomic mass is 10.1. The number of furan rings is 1. The van der Waals surface area contributed by atoms with Crippen molar-refractivity contribution in [2.24, 2.45) is 0 Å².